The van der Waals surface area contributed by atoms with Crippen LogP contribution in [0.4, 0.5) is 0 Å². The average molecular weight is 448 g/mol. The van der Waals surface area contributed by atoms with Crippen LogP contribution in [0.25, 0.3) is 0 Å². The first-order valence-electron chi connectivity index (χ1n) is 9.92. The Morgan fingerprint density at radius 2 is 1.61 bits per heavy atom. The van der Waals surface area contributed by atoms with Gasteiger partial charge < -0.3 is 15.3 Å². The van der Waals surface area contributed by atoms with Crippen molar-refractivity contribution in [3.8, 4) is 0 Å². The highest BCUT2D eigenvalue weighted by Crippen LogP contribution is 2.24. The summed E-state index contributed by atoms with van der Waals surface area (Å²) < 4.78 is 24.7. The molecule has 0 saturated heterocycles. The molecule has 31 heavy (non-hydrogen) atoms. The quantitative estimate of drug-likeness (QED) is 0.503. The standard InChI is InChI=1S/C22H29N3O5S/c1-24(31(2,29)30)17-20(27)25(16-18-10-5-3-6-11-18)21(19-12-7-4-8-13-19)22(28)23-14-9-15-26/h3-8,10-13,21,26H,9,14-17H2,1-2H3,(H,23,28)/t21-/m1/s1. The van der Waals surface area contributed by atoms with Gasteiger partial charge in [0, 0.05) is 26.7 Å². The smallest absolute Gasteiger partial charge is 0.247 e. The second-order valence-corrected chi connectivity index (χ2v) is 9.30. The Hall–Kier alpha value is -2.75. The molecule has 9 heteroatoms. The molecule has 0 aliphatic carbocycles. The number of sulfonamides is 1. The average Bonchev–Trinajstić information content (AvgIpc) is 2.74. The first-order chi connectivity index (χ1) is 14.7. The maximum absolute atomic E-state index is 13.3. The van der Waals surface area contributed by atoms with Gasteiger partial charge in [-0.05, 0) is 17.5 Å². The van der Waals surface area contributed by atoms with Crippen LogP contribution in [-0.2, 0) is 26.2 Å². The summed E-state index contributed by atoms with van der Waals surface area (Å²) in [5.41, 5.74) is 1.41. The van der Waals surface area contributed by atoms with Gasteiger partial charge in [-0.2, -0.15) is 4.31 Å². The van der Waals surface area contributed by atoms with Gasteiger partial charge in [-0.3, -0.25) is 9.59 Å². The molecular formula is C22H29N3O5S. The summed E-state index contributed by atoms with van der Waals surface area (Å²) in [6, 6.07) is 17.1. The Kier molecular flexibility index (Phi) is 9.17. The fraction of sp³-hybridized carbons (Fsp3) is 0.364. The molecule has 2 aromatic carbocycles. The van der Waals surface area contributed by atoms with Crippen molar-refractivity contribution in [3.63, 3.8) is 0 Å². The van der Waals surface area contributed by atoms with Gasteiger partial charge in [0.15, 0.2) is 0 Å². The van der Waals surface area contributed by atoms with Gasteiger partial charge in [0.25, 0.3) is 0 Å². The van der Waals surface area contributed by atoms with Crippen LogP contribution in [0.1, 0.15) is 23.6 Å². The molecule has 0 aromatic heterocycles. The monoisotopic (exact) mass is 447 g/mol. The minimum atomic E-state index is -3.57. The summed E-state index contributed by atoms with van der Waals surface area (Å²) in [6.07, 6.45) is 1.41. The van der Waals surface area contributed by atoms with Crippen molar-refractivity contribution in [3.05, 3.63) is 71.8 Å². The zero-order chi connectivity index (χ0) is 22.9. The van der Waals surface area contributed by atoms with E-state index in [2.05, 4.69) is 5.32 Å². The zero-order valence-corrected chi connectivity index (χ0v) is 18.6. The lowest BCUT2D eigenvalue weighted by molar-refractivity contribution is -0.141. The summed E-state index contributed by atoms with van der Waals surface area (Å²) in [5, 5.41) is 11.8. The van der Waals surface area contributed by atoms with Crippen molar-refractivity contribution in [2.75, 3.05) is 33.0 Å². The summed E-state index contributed by atoms with van der Waals surface area (Å²) >= 11 is 0. The highest BCUT2D eigenvalue weighted by Gasteiger charge is 2.32. The van der Waals surface area contributed by atoms with E-state index < -0.39 is 27.9 Å². The van der Waals surface area contributed by atoms with Gasteiger partial charge in [-0.25, -0.2) is 8.42 Å². The Balaban J connectivity index is 2.43. The number of hydrogen-bond donors (Lipinski definition) is 2. The van der Waals surface area contributed by atoms with Crippen LogP contribution in [0.3, 0.4) is 0 Å². The molecule has 2 amide bonds. The molecule has 0 aliphatic heterocycles. The van der Waals surface area contributed by atoms with E-state index in [1.54, 1.807) is 24.3 Å². The number of rotatable bonds is 11. The van der Waals surface area contributed by atoms with E-state index in [1.165, 1.54) is 11.9 Å². The predicted octanol–water partition coefficient (Wildman–Crippen LogP) is 1.15. The normalized spacial score (nSPS) is 12.4. The van der Waals surface area contributed by atoms with Crippen LogP contribution < -0.4 is 5.32 Å². The van der Waals surface area contributed by atoms with E-state index in [4.69, 9.17) is 5.11 Å². The van der Waals surface area contributed by atoms with Gasteiger partial charge in [-0.15, -0.1) is 0 Å². The number of carbonyl (C=O) groups is 2. The zero-order valence-electron chi connectivity index (χ0n) is 17.8. The lowest BCUT2D eigenvalue weighted by Crippen LogP contribution is -2.47. The molecule has 168 valence electrons. The van der Waals surface area contributed by atoms with Crippen molar-refractivity contribution >= 4 is 21.8 Å². The number of aliphatic hydroxyl groups excluding tert-OH is 1. The Bertz CT molecular complexity index is 952. The van der Waals surface area contributed by atoms with Gasteiger partial charge in [0.1, 0.15) is 6.04 Å². The predicted molar refractivity (Wildman–Crippen MR) is 118 cm³/mol. The summed E-state index contributed by atoms with van der Waals surface area (Å²) in [4.78, 5) is 27.8. The molecule has 8 nitrogen and oxygen atoms in total. The minimum absolute atomic E-state index is 0.0674. The number of aliphatic hydroxyl groups is 1. The number of nitrogens with one attached hydrogen (secondary N) is 1. The maximum atomic E-state index is 13.3. The van der Waals surface area contributed by atoms with Gasteiger partial charge in [0.05, 0.1) is 12.8 Å². The number of carbonyl (C=O) groups excluding carboxylic acids is 2. The third-order valence-electron chi connectivity index (χ3n) is 4.75. The highest BCUT2D eigenvalue weighted by atomic mass is 32.2. The van der Waals surface area contributed by atoms with Crippen molar-refractivity contribution in [1.82, 2.24) is 14.5 Å². The van der Waals surface area contributed by atoms with Gasteiger partial charge in [0.2, 0.25) is 21.8 Å². The van der Waals surface area contributed by atoms with Gasteiger partial charge >= 0.3 is 0 Å². The Morgan fingerprint density at radius 3 is 2.16 bits per heavy atom. The highest BCUT2D eigenvalue weighted by molar-refractivity contribution is 7.88. The van der Waals surface area contributed by atoms with Crippen LogP contribution in [0.2, 0.25) is 0 Å². The van der Waals surface area contributed by atoms with E-state index in [1.807, 2.05) is 36.4 Å². The van der Waals surface area contributed by atoms with Crippen LogP contribution in [0.15, 0.2) is 60.7 Å². The molecule has 2 rings (SSSR count). The molecule has 0 saturated carbocycles. The van der Waals surface area contributed by atoms with E-state index in [0.717, 1.165) is 16.1 Å². The second kappa shape index (κ2) is 11.6. The SMILES string of the molecule is CN(CC(=O)N(Cc1ccccc1)[C@@H](C(=O)NCCCO)c1ccccc1)S(C)(=O)=O. The van der Waals surface area contributed by atoms with Crippen LogP contribution >= 0.6 is 0 Å². The maximum Gasteiger partial charge on any atom is 0.247 e. The summed E-state index contributed by atoms with van der Waals surface area (Å²) in [7, 11) is -2.25. The summed E-state index contributed by atoms with van der Waals surface area (Å²) in [6.45, 7) is -0.0689. The molecule has 2 N–H and O–H groups in total. The first kappa shape index (κ1) is 24.5. The molecule has 1 atom stereocenters. The molecule has 0 radical (unpaired) electrons. The lowest BCUT2D eigenvalue weighted by Gasteiger charge is -2.32. The first-order valence-corrected chi connectivity index (χ1v) is 11.8. The summed E-state index contributed by atoms with van der Waals surface area (Å²) in [5.74, 6) is -0.895. The molecular weight excluding hydrogens is 418 g/mol. The molecule has 0 spiro atoms. The second-order valence-electron chi connectivity index (χ2n) is 7.21. The third kappa shape index (κ3) is 7.46. The number of amides is 2. The molecule has 0 fully saturated rings. The van der Waals surface area contributed by atoms with Crippen molar-refractivity contribution in [2.45, 2.75) is 19.0 Å². The molecule has 0 bridgehead atoms. The van der Waals surface area contributed by atoms with E-state index >= 15 is 0 Å². The Morgan fingerprint density at radius 1 is 1.03 bits per heavy atom. The topological polar surface area (TPSA) is 107 Å². The largest absolute Gasteiger partial charge is 0.396 e. The van der Waals surface area contributed by atoms with Crippen molar-refractivity contribution in [2.24, 2.45) is 0 Å². The Labute approximate surface area is 183 Å². The number of nitrogens with zero attached hydrogens (tertiary/aromatic N) is 2. The third-order valence-corrected chi connectivity index (χ3v) is 6.01. The number of benzene rings is 2. The van der Waals surface area contributed by atoms with Gasteiger partial charge in [-0.1, -0.05) is 60.7 Å². The van der Waals surface area contributed by atoms with Crippen LogP contribution in [0.5, 0.6) is 0 Å². The fourth-order valence-electron chi connectivity index (χ4n) is 3.00. The van der Waals surface area contributed by atoms with E-state index in [9.17, 15) is 18.0 Å². The number of likely N-dealkylation sites (N-methyl/N-ethyl adjacent to an activating group) is 1. The molecule has 0 heterocycles. The fourth-order valence-corrected chi connectivity index (χ4v) is 3.34. The van der Waals surface area contributed by atoms with Crippen molar-refractivity contribution < 1.29 is 23.1 Å². The van der Waals surface area contributed by atoms with E-state index in [-0.39, 0.29) is 26.2 Å². The molecule has 0 unspecified atom stereocenters. The lowest BCUT2D eigenvalue weighted by atomic mass is 10.0. The van der Waals surface area contributed by atoms with Crippen LogP contribution in [-0.4, -0.2) is 67.5 Å². The van der Waals surface area contributed by atoms with Crippen molar-refractivity contribution in [1.29, 1.82) is 0 Å². The van der Waals surface area contributed by atoms with Crippen LogP contribution in [0, 0.1) is 0 Å². The molecule has 2 aromatic rings. The molecule has 0 aliphatic rings. The number of hydrogen-bond acceptors (Lipinski definition) is 5. The minimum Gasteiger partial charge on any atom is -0.396 e. The van der Waals surface area contributed by atoms with E-state index in [0.29, 0.717) is 12.0 Å².